The molecule has 0 radical (unpaired) electrons. The number of esters is 4. The highest BCUT2D eigenvalue weighted by Gasteiger charge is 2.34. The number of ether oxygens (including phenoxy) is 4. The fraction of sp³-hybridized carbons (Fsp3) is 0.680. The number of rotatable bonds is 19. The molecule has 0 aliphatic heterocycles. The van der Waals surface area contributed by atoms with Gasteiger partial charge in [0.1, 0.15) is 0 Å². The van der Waals surface area contributed by atoms with Crippen molar-refractivity contribution in [1.82, 2.24) is 0 Å². The Morgan fingerprint density at radius 1 is 0.579 bits per heavy atom. The number of carbonyl (C=O) groups is 4. The van der Waals surface area contributed by atoms with Crippen molar-refractivity contribution in [2.45, 2.75) is 50.1 Å². The molecule has 0 saturated carbocycles. The van der Waals surface area contributed by atoms with Gasteiger partial charge in [0.25, 0.3) is 0 Å². The minimum atomic E-state index is -1.41. The van der Waals surface area contributed by atoms with Gasteiger partial charge in [0.15, 0.2) is 24.4 Å². The molecule has 0 aliphatic carbocycles. The molecule has 222 valence electrons. The summed E-state index contributed by atoms with van der Waals surface area (Å²) in [4.78, 5) is 50.8. The molecule has 0 bridgehead atoms. The van der Waals surface area contributed by atoms with Crippen LogP contribution < -0.4 is 0 Å². The molecule has 0 aromatic heterocycles. The molecule has 0 spiro atoms. The predicted molar refractivity (Wildman–Crippen MR) is 168 cm³/mol. The molecule has 0 amide bonds. The van der Waals surface area contributed by atoms with Crippen molar-refractivity contribution < 1.29 is 43.2 Å². The van der Waals surface area contributed by atoms with Gasteiger partial charge in [-0.2, -0.15) is 41.9 Å². The molecule has 9 nitrogen and oxygen atoms in total. The summed E-state index contributed by atoms with van der Waals surface area (Å²) in [7, 11) is 0.0904. The van der Waals surface area contributed by atoms with Crippen molar-refractivity contribution in [3.8, 4) is 0 Å². The molecular formula is C25H44O9S4. The Labute approximate surface area is 237 Å². The second-order valence-corrected chi connectivity index (χ2v) is 16.8. The molecule has 0 aliphatic rings. The summed E-state index contributed by atoms with van der Waals surface area (Å²) in [5.41, 5.74) is 0. The first kappa shape index (κ1) is 36.7. The van der Waals surface area contributed by atoms with E-state index >= 15 is 0 Å². The third-order valence-electron chi connectivity index (χ3n) is 4.96. The Morgan fingerprint density at radius 3 is 1.18 bits per heavy atom. The van der Waals surface area contributed by atoms with E-state index in [1.54, 1.807) is 0 Å². The Bertz CT molecular complexity index is 903. The van der Waals surface area contributed by atoms with Crippen LogP contribution in [0, 0.1) is 0 Å². The summed E-state index contributed by atoms with van der Waals surface area (Å²) in [5, 5.41) is 10.2. The van der Waals surface area contributed by atoms with E-state index in [0.29, 0.717) is 23.0 Å². The zero-order valence-corrected chi connectivity index (χ0v) is 26.4. The van der Waals surface area contributed by atoms with E-state index in [1.807, 2.05) is 25.0 Å². The fourth-order valence-electron chi connectivity index (χ4n) is 2.81. The van der Waals surface area contributed by atoms with E-state index in [4.69, 9.17) is 18.9 Å². The van der Waals surface area contributed by atoms with Gasteiger partial charge in [0.05, 0.1) is 7.11 Å². The van der Waals surface area contributed by atoms with Crippen LogP contribution in [0.4, 0.5) is 0 Å². The van der Waals surface area contributed by atoms with Crippen molar-refractivity contribution in [2.75, 3.05) is 55.1 Å². The van der Waals surface area contributed by atoms with Crippen molar-refractivity contribution in [3.63, 3.8) is 0 Å². The minimum absolute atomic E-state index is 0.105. The Morgan fingerprint density at radius 2 is 0.868 bits per heavy atom. The van der Waals surface area contributed by atoms with Gasteiger partial charge in [-0.25, -0.2) is 19.2 Å². The Hall–Kier alpha value is -1.28. The van der Waals surface area contributed by atoms with Crippen LogP contribution >= 0.6 is 41.9 Å². The topological polar surface area (TPSA) is 125 Å². The maximum atomic E-state index is 13.1. The second-order valence-electron chi connectivity index (χ2n) is 8.91. The van der Waals surface area contributed by atoms with Crippen molar-refractivity contribution in [1.29, 1.82) is 0 Å². The van der Waals surface area contributed by atoms with Gasteiger partial charge in [-0.05, 0) is 54.5 Å². The number of aliphatic hydroxyl groups is 1. The number of methoxy groups -OCH3 is 1. The highest BCUT2D eigenvalue weighted by Crippen LogP contribution is 2.18. The molecule has 0 fully saturated rings. The van der Waals surface area contributed by atoms with Crippen molar-refractivity contribution in [3.05, 3.63) is 0 Å². The number of hydrogen-bond donors (Lipinski definition) is 1. The molecule has 0 heterocycles. The largest absolute Gasteiger partial charge is 0.466 e. The summed E-state index contributed by atoms with van der Waals surface area (Å²) in [6, 6.07) is 0. The third kappa shape index (κ3) is 16.6. The van der Waals surface area contributed by atoms with Gasteiger partial charge < -0.3 is 24.1 Å². The SMILES string of the molecule is C=S(C)CCC(O)C(=O)OC(CCS(=C)C)C(=O)OC(CCS(=C)C)C(=O)OC(CCS(=C)C)C(=O)OC. The summed E-state index contributed by atoms with van der Waals surface area (Å²) in [5.74, 6) is 14.0. The zero-order chi connectivity index (χ0) is 29.4. The quantitative estimate of drug-likeness (QED) is 0.132. The second kappa shape index (κ2) is 19.7. The van der Waals surface area contributed by atoms with Gasteiger partial charge in [-0.1, -0.05) is 23.5 Å². The van der Waals surface area contributed by atoms with E-state index in [0.717, 1.165) is 0 Å². The van der Waals surface area contributed by atoms with E-state index < -0.39 is 48.3 Å². The number of hydrogen-bond acceptors (Lipinski definition) is 9. The maximum Gasteiger partial charge on any atom is 0.348 e. The van der Waals surface area contributed by atoms with E-state index in [2.05, 4.69) is 23.5 Å². The highest BCUT2D eigenvalue weighted by atomic mass is 32.2. The summed E-state index contributed by atoms with van der Waals surface area (Å²) in [6.07, 6.45) is 2.82. The van der Waals surface area contributed by atoms with Crippen LogP contribution in [0.25, 0.3) is 0 Å². The molecule has 8 unspecified atom stereocenters. The predicted octanol–water partition coefficient (Wildman–Crippen LogP) is 2.14. The van der Waals surface area contributed by atoms with Crippen LogP contribution in [0.3, 0.4) is 0 Å². The lowest BCUT2D eigenvalue weighted by Gasteiger charge is -2.24. The monoisotopic (exact) mass is 616 g/mol. The average Bonchev–Trinajstić information content (AvgIpc) is 2.83. The third-order valence-corrected chi connectivity index (χ3v) is 8.69. The van der Waals surface area contributed by atoms with Crippen molar-refractivity contribution >= 4 is 89.3 Å². The van der Waals surface area contributed by atoms with Crippen LogP contribution in [0.15, 0.2) is 0 Å². The normalized spacial score (nSPS) is 17.5. The molecular weight excluding hydrogens is 573 g/mol. The lowest BCUT2D eigenvalue weighted by atomic mass is 10.2. The number of carbonyl (C=O) groups excluding carboxylic acids is 4. The number of aliphatic hydroxyl groups excluding tert-OH is 1. The van der Waals surface area contributed by atoms with Gasteiger partial charge in [0, 0.05) is 19.3 Å². The Balaban J connectivity index is 5.71. The van der Waals surface area contributed by atoms with Crippen LogP contribution in [0.2, 0.25) is 0 Å². The van der Waals surface area contributed by atoms with E-state index in [-0.39, 0.29) is 67.6 Å². The van der Waals surface area contributed by atoms with Gasteiger partial charge in [-0.3, -0.25) is 0 Å². The van der Waals surface area contributed by atoms with E-state index in [9.17, 15) is 24.3 Å². The molecule has 0 rings (SSSR count). The standard InChI is InChI=1S/C25H44O9S4/c1-31-23(28)19(11-15-36(4)5)33-25(30)21(13-17-38(8)9)34-24(29)20(12-16-37(6)7)32-22(27)18(26)10-14-35(2)3/h18-21,26H,2,4,6,8,10-17H2,1,3,5,7,9H3. The summed E-state index contributed by atoms with van der Waals surface area (Å²) >= 11 is 0. The lowest BCUT2D eigenvalue weighted by Crippen LogP contribution is -2.40. The van der Waals surface area contributed by atoms with E-state index in [1.165, 1.54) is 7.11 Å². The Kier molecular flexibility index (Phi) is 19.1. The van der Waals surface area contributed by atoms with Gasteiger partial charge in [-0.15, -0.1) is 0 Å². The molecule has 1 N–H and O–H groups in total. The molecule has 8 atom stereocenters. The van der Waals surface area contributed by atoms with Crippen LogP contribution in [0.1, 0.15) is 25.7 Å². The molecule has 38 heavy (non-hydrogen) atoms. The van der Waals surface area contributed by atoms with Crippen LogP contribution in [0.5, 0.6) is 0 Å². The smallest absolute Gasteiger partial charge is 0.348 e. The van der Waals surface area contributed by atoms with Crippen LogP contribution in [-0.4, -0.2) is 132 Å². The molecule has 0 saturated heterocycles. The summed E-state index contributed by atoms with van der Waals surface area (Å²) in [6.45, 7) is 0. The van der Waals surface area contributed by atoms with Crippen molar-refractivity contribution in [2.24, 2.45) is 0 Å². The first-order valence-corrected chi connectivity index (χ1v) is 19.6. The maximum absolute atomic E-state index is 13.1. The lowest BCUT2D eigenvalue weighted by molar-refractivity contribution is -0.185. The molecule has 0 aromatic rings. The first-order valence-electron chi connectivity index (χ1n) is 11.7. The molecule has 13 heteroatoms. The van der Waals surface area contributed by atoms with Gasteiger partial charge >= 0.3 is 23.9 Å². The minimum Gasteiger partial charge on any atom is -0.466 e. The zero-order valence-electron chi connectivity index (χ0n) is 23.1. The fourth-order valence-corrected chi connectivity index (χ4v) is 5.29. The first-order chi connectivity index (χ1) is 17.7. The van der Waals surface area contributed by atoms with Crippen LogP contribution in [-0.2, 0) is 38.1 Å². The molecule has 0 aromatic carbocycles. The van der Waals surface area contributed by atoms with Gasteiger partial charge in [0.2, 0.25) is 0 Å². The summed E-state index contributed by atoms with van der Waals surface area (Å²) < 4.78 is 21.0. The average molecular weight is 617 g/mol. The highest BCUT2D eigenvalue weighted by molar-refractivity contribution is 8.14.